The highest BCUT2D eigenvalue weighted by atomic mass is 127. The van der Waals surface area contributed by atoms with Gasteiger partial charge in [0.05, 0.1) is 16.8 Å². The number of rotatable bonds is 3. The molecule has 0 saturated carbocycles. The van der Waals surface area contributed by atoms with E-state index >= 15 is 0 Å². The molecule has 1 saturated heterocycles. The lowest BCUT2D eigenvalue weighted by Gasteiger charge is -2.31. The smallest absolute Gasteiger partial charge is 0.241 e. The van der Waals surface area contributed by atoms with E-state index in [-0.39, 0.29) is 11.9 Å². The van der Waals surface area contributed by atoms with Crippen LogP contribution >= 0.6 is 34.2 Å². The molecule has 1 aromatic carbocycles. The lowest BCUT2D eigenvalue weighted by molar-refractivity contribution is -0.121. The Morgan fingerprint density at radius 2 is 2.00 bits per heavy atom. The summed E-state index contributed by atoms with van der Waals surface area (Å²) in [5, 5.41) is 3.52. The SMILES string of the molecule is CC1CCC(C)N1C(C)C(=O)Nc1ccc(I)cc1Cl. The zero-order valence-corrected chi connectivity index (χ0v) is 14.9. The molecule has 2 rings (SSSR count). The first kappa shape index (κ1) is 16.0. The molecule has 0 aliphatic carbocycles. The quantitative estimate of drug-likeness (QED) is 0.765. The van der Waals surface area contributed by atoms with E-state index in [9.17, 15) is 4.79 Å². The van der Waals surface area contributed by atoms with Gasteiger partial charge in [0.1, 0.15) is 0 Å². The van der Waals surface area contributed by atoms with Gasteiger partial charge in [-0.15, -0.1) is 0 Å². The third-order valence-corrected chi connectivity index (χ3v) is 5.02. The second-order valence-electron chi connectivity index (χ2n) is 5.51. The van der Waals surface area contributed by atoms with Crippen LogP contribution in [-0.4, -0.2) is 28.9 Å². The van der Waals surface area contributed by atoms with Crippen molar-refractivity contribution in [3.05, 3.63) is 26.8 Å². The van der Waals surface area contributed by atoms with Gasteiger partial charge in [0.25, 0.3) is 0 Å². The average Bonchev–Trinajstić information content (AvgIpc) is 2.71. The molecule has 3 nitrogen and oxygen atoms in total. The first-order valence-electron chi connectivity index (χ1n) is 6.93. The molecule has 1 aliphatic heterocycles. The second-order valence-corrected chi connectivity index (χ2v) is 7.16. The maximum atomic E-state index is 12.4. The molecule has 0 radical (unpaired) electrons. The predicted molar refractivity (Wildman–Crippen MR) is 92.3 cm³/mol. The number of nitrogens with zero attached hydrogens (tertiary/aromatic N) is 1. The molecule has 3 atom stereocenters. The fourth-order valence-corrected chi connectivity index (χ4v) is 3.84. The Hall–Kier alpha value is -0.330. The molecule has 0 spiro atoms. The highest BCUT2D eigenvalue weighted by Crippen LogP contribution is 2.28. The summed E-state index contributed by atoms with van der Waals surface area (Å²) in [6.07, 6.45) is 2.31. The number of benzene rings is 1. The zero-order chi connectivity index (χ0) is 14.9. The summed E-state index contributed by atoms with van der Waals surface area (Å²) < 4.78 is 1.06. The lowest BCUT2D eigenvalue weighted by atomic mass is 10.2. The van der Waals surface area contributed by atoms with Crippen LogP contribution in [0.4, 0.5) is 5.69 Å². The second kappa shape index (κ2) is 6.62. The third kappa shape index (κ3) is 3.46. The molecule has 1 fully saturated rings. The number of carbonyl (C=O) groups is 1. The van der Waals surface area contributed by atoms with Gasteiger partial charge < -0.3 is 5.32 Å². The van der Waals surface area contributed by atoms with Crippen LogP contribution in [0.1, 0.15) is 33.6 Å². The van der Waals surface area contributed by atoms with Gasteiger partial charge in [-0.1, -0.05) is 11.6 Å². The van der Waals surface area contributed by atoms with Crippen LogP contribution in [0.3, 0.4) is 0 Å². The van der Waals surface area contributed by atoms with Crippen molar-refractivity contribution in [2.24, 2.45) is 0 Å². The number of anilines is 1. The fourth-order valence-electron chi connectivity index (χ4n) is 2.94. The van der Waals surface area contributed by atoms with Gasteiger partial charge in [-0.05, 0) is 74.4 Å². The fraction of sp³-hybridized carbons (Fsp3) is 0.533. The molecular weight excluding hydrogens is 387 g/mol. The summed E-state index contributed by atoms with van der Waals surface area (Å²) in [6, 6.07) is 6.41. The van der Waals surface area contributed by atoms with E-state index in [2.05, 4.69) is 46.7 Å². The summed E-state index contributed by atoms with van der Waals surface area (Å²) in [5.74, 6) is 0.00806. The monoisotopic (exact) mass is 406 g/mol. The zero-order valence-electron chi connectivity index (χ0n) is 12.0. The van der Waals surface area contributed by atoms with Crippen molar-refractivity contribution in [1.29, 1.82) is 0 Å². The molecule has 0 bridgehead atoms. The van der Waals surface area contributed by atoms with Gasteiger partial charge >= 0.3 is 0 Å². The maximum absolute atomic E-state index is 12.4. The number of halogens is 2. The number of hydrogen-bond acceptors (Lipinski definition) is 2. The first-order valence-corrected chi connectivity index (χ1v) is 8.39. The van der Waals surface area contributed by atoms with Crippen molar-refractivity contribution in [1.82, 2.24) is 4.90 Å². The number of likely N-dealkylation sites (tertiary alicyclic amines) is 1. The van der Waals surface area contributed by atoms with Crippen LogP contribution in [-0.2, 0) is 4.79 Å². The summed E-state index contributed by atoms with van der Waals surface area (Å²) in [6.45, 7) is 6.34. The number of nitrogens with one attached hydrogen (secondary N) is 1. The van der Waals surface area contributed by atoms with Crippen LogP contribution < -0.4 is 5.32 Å². The van der Waals surface area contributed by atoms with Crippen molar-refractivity contribution in [3.8, 4) is 0 Å². The van der Waals surface area contributed by atoms with E-state index in [1.54, 1.807) is 0 Å². The highest BCUT2D eigenvalue weighted by Gasteiger charge is 2.34. The van der Waals surface area contributed by atoms with E-state index in [0.717, 1.165) is 16.4 Å². The molecular formula is C15H20ClIN2O. The Labute approximate surface area is 139 Å². The van der Waals surface area contributed by atoms with Crippen molar-refractivity contribution < 1.29 is 4.79 Å². The Morgan fingerprint density at radius 3 is 2.55 bits per heavy atom. The van der Waals surface area contributed by atoms with Crippen molar-refractivity contribution in [2.75, 3.05) is 5.32 Å². The minimum atomic E-state index is -0.141. The Bertz CT molecular complexity index is 499. The van der Waals surface area contributed by atoms with Crippen LogP contribution in [0.25, 0.3) is 0 Å². The topological polar surface area (TPSA) is 32.3 Å². The van der Waals surface area contributed by atoms with Crippen LogP contribution in [0, 0.1) is 3.57 Å². The largest absolute Gasteiger partial charge is 0.323 e. The number of amides is 1. The Morgan fingerprint density at radius 1 is 1.40 bits per heavy atom. The van der Waals surface area contributed by atoms with E-state index in [4.69, 9.17) is 11.6 Å². The third-order valence-electron chi connectivity index (χ3n) is 4.04. The lowest BCUT2D eigenvalue weighted by Crippen LogP contribution is -2.46. The Kier molecular flexibility index (Phi) is 5.31. The van der Waals surface area contributed by atoms with Crippen LogP contribution in [0.15, 0.2) is 18.2 Å². The van der Waals surface area contributed by atoms with Gasteiger partial charge in [-0.25, -0.2) is 0 Å². The van der Waals surface area contributed by atoms with E-state index < -0.39 is 0 Å². The van der Waals surface area contributed by atoms with Crippen molar-refractivity contribution in [2.45, 2.75) is 51.7 Å². The van der Waals surface area contributed by atoms with Crippen molar-refractivity contribution >= 4 is 45.8 Å². The van der Waals surface area contributed by atoms with Crippen LogP contribution in [0.2, 0.25) is 5.02 Å². The molecule has 1 aliphatic rings. The van der Waals surface area contributed by atoms with Crippen LogP contribution in [0.5, 0.6) is 0 Å². The molecule has 5 heteroatoms. The normalized spacial score (nSPS) is 24.6. The molecule has 1 heterocycles. The average molecular weight is 407 g/mol. The standard InChI is InChI=1S/C15H20ClIN2O/c1-9-4-5-10(2)19(9)11(3)15(20)18-14-7-6-12(17)8-13(14)16/h6-11H,4-5H2,1-3H3,(H,18,20). The predicted octanol–water partition coefficient (Wildman–Crippen LogP) is 4.14. The Balaban J connectivity index is 2.07. The van der Waals surface area contributed by atoms with Crippen molar-refractivity contribution in [3.63, 3.8) is 0 Å². The minimum absolute atomic E-state index is 0.00806. The van der Waals surface area contributed by atoms with Gasteiger partial charge in [-0.2, -0.15) is 0 Å². The summed E-state index contributed by atoms with van der Waals surface area (Å²) in [4.78, 5) is 14.7. The van der Waals surface area contributed by atoms with E-state index in [0.29, 0.717) is 22.8 Å². The van der Waals surface area contributed by atoms with Gasteiger partial charge in [0.15, 0.2) is 0 Å². The summed E-state index contributed by atoms with van der Waals surface area (Å²) >= 11 is 8.36. The summed E-state index contributed by atoms with van der Waals surface area (Å²) in [7, 11) is 0. The maximum Gasteiger partial charge on any atom is 0.241 e. The molecule has 20 heavy (non-hydrogen) atoms. The molecule has 3 unspecified atom stereocenters. The number of carbonyl (C=O) groups excluding carboxylic acids is 1. The van der Waals surface area contributed by atoms with E-state index in [1.807, 2.05) is 25.1 Å². The molecule has 1 aromatic rings. The molecule has 0 aromatic heterocycles. The molecule has 110 valence electrons. The number of hydrogen-bond donors (Lipinski definition) is 1. The van der Waals surface area contributed by atoms with Gasteiger partial charge in [0, 0.05) is 15.7 Å². The van der Waals surface area contributed by atoms with Gasteiger partial charge in [0.2, 0.25) is 5.91 Å². The summed E-state index contributed by atoms with van der Waals surface area (Å²) in [5.41, 5.74) is 0.684. The van der Waals surface area contributed by atoms with E-state index in [1.165, 1.54) is 0 Å². The van der Waals surface area contributed by atoms with Gasteiger partial charge in [-0.3, -0.25) is 9.69 Å². The minimum Gasteiger partial charge on any atom is -0.323 e. The first-order chi connectivity index (χ1) is 9.40. The highest BCUT2D eigenvalue weighted by molar-refractivity contribution is 14.1. The molecule has 1 amide bonds. The molecule has 1 N–H and O–H groups in total.